The van der Waals surface area contributed by atoms with Gasteiger partial charge >= 0.3 is 0 Å². The molecule has 1 aromatic carbocycles. The van der Waals surface area contributed by atoms with E-state index in [0.717, 1.165) is 17.8 Å². The minimum atomic E-state index is -0.330. The molecule has 1 saturated heterocycles. The molecule has 36 heavy (non-hydrogen) atoms. The number of hydrogen-bond acceptors (Lipinski definition) is 6. The summed E-state index contributed by atoms with van der Waals surface area (Å²) in [4.78, 5) is 45.7. The van der Waals surface area contributed by atoms with Gasteiger partial charge in [0.25, 0.3) is 0 Å². The Bertz CT molecular complexity index is 1030. The van der Waals surface area contributed by atoms with E-state index in [9.17, 15) is 19.6 Å². The molecule has 0 bridgehead atoms. The highest BCUT2D eigenvalue weighted by atomic mass is 16.2. The second kappa shape index (κ2) is 11.6. The van der Waals surface area contributed by atoms with Gasteiger partial charge in [0.15, 0.2) is 5.78 Å². The van der Waals surface area contributed by atoms with Crippen molar-refractivity contribution in [2.75, 3.05) is 50.1 Å². The average Bonchev–Trinajstić information content (AvgIpc) is 3.17. The number of rotatable bonds is 7. The van der Waals surface area contributed by atoms with E-state index in [-0.39, 0.29) is 36.0 Å². The first-order chi connectivity index (χ1) is 17.4. The fourth-order valence-corrected chi connectivity index (χ4v) is 5.73. The van der Waals surface area contributed by atoms with Crippen LogP contribution in [0.1, 0.15) is 57.8 Å². The van der Waals surface area contributed by atoms with Gasteiger partial charge in [-0.2, -0.15) is 5.26 Å². The topological polar surface area (TPSA) is 88.0 Å². The third kappa shape index (κ3) is 5.56. The van der Waals surface area contributed by atoms with Crippen LogP contribution >= 0.6 is 0 Å². The summed E-state index contributed by atoms with van der Waals surface area (Å²) in [7, 11) is 3.67. The fourth-order valence-electron chi connectivity index (χ4n) is 5.73. The summed E-state index contributed by atoms with van der Waals surface area (Å²) in [6.07, 6.45) is 8.03. The van der Waals surface area contributed by atoms with Crippen molar-refractivity contribution in [2.45, 2.75) is 57.8 Å². The second-order valence-corrected chi connectivity index (χ2v) is 10.1. The smallest absolute Gasteiger partial charge is 0.223 e. The molecule has 0 spiro atoms. The molecule has 0 N–H and O–H groups in total. The van der Waals surface area contributed by atoms with E-state index in [0.29, 0.717) is 44.3 Å². The summed E-state index contributed by atoms with van der Waals surface area (Å²) >= 11 is 0. The van der Waals surface area contributed by atoms with Crippen LogP contribution < -0.4 is 9.80 Å². The normalized spacial score (nSPS) is 18.2. The number of ketones is 1. The van der Waals surface area contributed by atoms with E-state index in [2.05, 4.69) is 6.07 Å². The monoisotopic (exact) mass is 491 g/mol. The van der Waals surface area contributed by atoms with Crippen LogP contribution in [0.3, 0.4) is 0 Å². The third-order valence-corrected chi connectivity index (χ3v) is 7.90. The Kier molecular flexibility index (Phi) is 8.29. The number of para-hydroxylation sites is 2. The van der Waals surface area contributed by atoms with E-state index in [1.165, 1.54) is 32.1 Å². The zero-order chi connectivity index (χ0) is 25.7. The number of piperazine rings is 1. The summed E-state index contributed by atoms with van der Waals surface area (Å²) in [5, 5.41) is 9.78. The van der Waals surface area contributed by atoms with Crippen LogP contribution in [-0.4, -0.2) is 67.7 Å². The molecule has 0 atom stereocenters. The van der Waals surface area contributed by atoms with Crippen molar-refractivity contribution in [1.82, 2.24) is 9.80 Å². The molecule has 0 aromatic heterocycles. The van der Waals surface area contributed by atoms with E-state index in [4.69, 9.17) is 0 Å². The predicted molar refractivity (Wildman–Crippen MR) is 139 cm³/mol. The molecule has 3 aliphatic rings. The number of anilines is 2. The first-order valence-electron chi connectivity index (χ1n) is 13.2. The van der Waals surface area contributed by atoms with Crippen LogP contribution in [0.5, 0.6) is 0 Å². The maximum atomic E-state index is 13.0. The quantitative estimate of drug-likeness (QED) is 0.427. The lowest BCUT2D eigenvalue weighted by Crippen LogP contribution is -2.50. The van der Waals surface area contributed by atoms with Crippen LogP contribution in [0.25, 0.3) is 0 Å². The molecule has 2 fully saturated rings. The van der Waals surface area contributed by atoms with Gasteiger partial charge in [-0.1, -0.05) is 44.2 Å². The molecular weight excluding hydrogens is 454 g/mol. The Morgan fingerprint density at radius 1 is 0.833 bits per heavy atom. The molecule has 2 aliphatic heterocycles. The Balaban J connectivity index is 1.26. The lowest BCUT2D eigenvalue weighted by molar-refractivity contribution is -0.140. The van der Waals surface area contributed by atoms with Gasteiger partial charge in [0, 0.05) is 59.5 Å². The average molecular weight is 492 g/mol. The van der Waals surface area contributed by atoms with Gasteiger partial charge in [0.05, 0.1) is 11.4 Å². The van der Waals surface area contributed by atoms with Crippen LogP contribution in [-0.2, 0) is 14.4 Å². The Labute approximate surface area is 214 Å². The van der Waals surface area contributed by atoms with Crippen molar-refractivity contribution in [2.24, 2.45) is 5.92 Å². The highest BCUT2D eigenvalue weighted by Gasteiger charge is 2.32. The van der Waals surface area contributed by atoms with E-state index < -0.39 is 0 Å². The molecule has 2 heterocycles. The first kappa shape index (κ1) is 25.7. The summed E-state index contributed by atoms with van der Waals surface area (Å²) in [6, 6.07) is 9.81. The maximum absolute atomic E-state index is 13.0. The molecule has 1 aliphatic carbocycles. The number of carbonyl (C=O) groups is 3. The number of carbonyl (C=O) groups excluding carboxylic acids is 3. The zero-order valence-corrected chi connectivity index (χ0v) is 21.5. The minimum absolute atomic E-state index is 0.0101. The van der Waals surface area contributed by atoms with Gasteiger partial charge in [-0.15, -0.1) is 0 Å². The number of amides is 2. The van der Waals surface area contributed by atoms with Gasteiger partial charge < -0.3 is 19.6 Å². The highest BCUT2D eigenvalue weighted by molar-refractivity contribution is 6.03. The summed E-state index contributed by atoms with van der Waals surface area (Å²) in [6.45, 7) is 2.08. The van der Waals surface area contributed by atoms with E-state index >= 15 is 0 Å². The number of hydrogen-bond donors (Lipinski definition) is 0. The summed E-state index contributed by atoms with van der Waals surface area (Å²) < 4.78 is 0. The SMILES string of the molecule is CN1C(=C(C#N)C(=O)CCC(=O)N2CCN(C(=O)CCC3CCCCC3)CC2)N(C)c2ccccc21. The third-order valence-electron chi connectivity index (χ3n) is 7.90. The van der Waals surface area contributed by atoms with E-state index in [1.807, 2.05) is 53.1 Å². The molecule has 8 heteroatoms. The van der Waals surface area contributed by atoms with Crippen molar-refractivity contribution in [1.29, 1.82) is 5.26 Å². The predicted octanol–water partition coefficient (Wildman–Crippen LogP) is 3.69. The van der Waals surface area contributed by atoms with Gasteiger partial charge in [-0.3, -0.25) is 14.4 Å². The largest absolute Gasteiger partial charge is 0.339 e. The maximum Gasteiger partial charge on any atom is 0.223 e. The molecule has 8 nitrogen and oxygen atoms in total. The van der Waals surface area contributed by atoms with Gasteiger partial charge in [0.2, 0.25) is 11.8 Å². The Hall–Kier alpha value is -3.34. The van der Waals surface area contributed by atoms with Crippen LogP contribution in [0.4, 0.5) is 11.4 Å². The Morgan fingerprint density at radius 3 is 1.89 bits per heavy atom. The van der Waals surface area contributed by atoms with Crippen molar-refractivity contribution in [3.05, 3.63) is 35.7 Å². The first-order valence-corrected chi connectivity index (χ1v) is 13.2. The number of nitrogens with zero attached hydrogens (tertiary/aromatic N) is 5. The molecule has 2 amide bonds. The lowest BCUT2D eigenvalue weighted by Gasteiger charge is -2.35. The number of fused-ring (bicyclic) bond motifs is 1. The van der Waals surface area contributed by atoms with Crippen molar-refractivity contribution >= 4 is 29.0 Å². The molecule has 1 saturated carbocycles. The molecule has 1 aromatic rings. The molecular formula is C28H37N5O3. The number of Topliss-reactive ketones (excluding diaryl/α,β-unsaturated/α-hetero) is 1. The fraction of sp³-hybridized carbons (Fsp3) is 0.571. The van der Waals surface area contributed by atoms with Gasteiger partial charge in [0.1, 0.15) is 17.5 Å². The van der Waals surface area contributed by atoms with E-state index in [1.54, 1.807) is 4.90 Å². The van der Waals surface area contributed by atoms with Crippen molar-refractivity contribution in [3.63, 3.8) is 0 Å². The molecule has 0 unspecified atom stereocenters. The van der Waals surface area contributed by atoms with Crippen LogP contribution in [0, 0.1) is 17.2 Å². The number of nitriles is 1. The Morgan fingerprint density at radius 2 is 1.36 bits per heavy atom. The highest BCUT2D eigenvalue weighted by Crippen LogP contribution is 2.40. The van der Waals surface area contributed by atoms with Crippen LogP contribution in [0.2, 0.25) is 0 Å². The summed E-state index contributed by atoms with van der Waals surface area (Å²) in [5.41, 5.74) is 1.92. The second-order valence-electron chi connectivity index (χ2n) is 10.1. The number of allylic oxidation sites excluding steroid dienone is 1. The number of benzene rings is 1. The van der Waals surface area contributed by atoms with Crippen molar-refractivity contribution < 1.29 is 14.4 Å². The molecule has 192 valence electrons. The van der Waals surface area contributed by atoms with Crippen molar-refractivity contribution in [3.8, 4) is 6.07 Å². The lowest BCUT2D eigenvalue weighted by atomic mass is 9.86. The molecule has 0 radical (unpaired) electrons. The van der Waals surface area contributed by atoms with Crippen LogP contribution in [0.15, 0.2) is 35.7 Å². The van der Waals surface area contributed by atoms with Gasteiger partial charge in [-0.25, -0.2) is 0 Å². The standard InChI is InChI=1S/C28H37N5O3/c1-30-23-10-6-7-11-24(23)31(2)28(30)22(20-29)25(34)13-15-27(36)33-18-16-32(17-19-33)26(35)14-12-21-8-4-3-5-9-21/h6-7,10-11,21H,3-5,8-9,12-19H2,1-2H3. The zero-order valence-electron chi connectivity index (χ0n) is 21.5. The minimum Gasteiger partial charge on any atom is -0.339 e. The summed E-state index contributed by atoms with van der Waals surface area (Å²) in [5.74, 6) is 0.991. The van der Waals surface area contributed by atoms with Gasteiger partial charge in [-0.05, 0) is 24.5 Å². The molecule has 4 rings (SSSR count).